The number of nitrogens with one attached hydrogen (secondary N) is 2. The second kappa shape index (κ2) is 6.56. The maximum absolute atomic E-state index is 11.0. The van der Waals surface area contributed by atoms with Crippen LogP contribution < -0.4 is 15.4 Å². The second-order valence-electron chi connectivity index (χ2n) is 4.52. The van der Waals surface area contributed by atoms with Gasteiger partial charge in [0.15, 0.2) is 0 Å². The van der Waals surface area contributed by atoms with Crippen LogP contribution in [0.15, 0.2) is 48.5 Å². The fourth-order valence-electron chi connectivity index (χ4n) is 1.79. The fraction of sp³-hybridized carbons (Fsp3) is 0.125. The van der Waals surface area contributed by atoms with Crippen molar-refractivity contribution < 1.29 is 14.3 Å². The van der Waals surface area contributed by atoms with E-state index in [0.717, 1.165) is 0 Å². The lowest BCUT2D eigenvalue weighted by Gasteiger charge is -2.09. The number of benzene rings is 2. The molecule has 2 rings (SSSR count). The molecule has 2 aromatic rings. The van der Waals surface area contributed by atoms with E-state index in [1.807, 2.05) is 0 Å². The lowest BCUT2D eigenvalue weighted by atomic mass is 10.2. The predicted octanol–water partition coefficient (Wildman–Crippen LogP) is 3.40. The molecule has 5 heteroatoms. The van der Waals surface area contributed by atoms with Crippen LogP contribution in [0.4, 0.5) is 11.4 Å². The monoisotopic (exact) mass is 284 g/mol. The van der Waals surface area contributed by atoms with Gasteiger partial charge in [0.2, 0.25) is 11.8 Å². The van der Waals surface area contributed by atoms with Crippen LogP contribution in [0.3, 0.4) is 0 Å². The number of carbonyl (C=O) groups excluding carboxylic acids is 2. The Balaban J connectivity index is 2.07. The molecule has 0 saturated heterocycles. The Morgan fingerprint density at radius 2 is 1.43 bits per heavy atom. The highest BCUT2D eigenvalue weighted by atomic mass is 16.5. The molecule has 0 fully saturated rings. The number of ether oxygens (including phenoxy) is 1. The molecule has 0 aliphatic rings. The predicted molar refractivity (Wildman–Crippen MR) is 81.6 cm³/mol. The summed E-state index contributed by atoms with van der Waals surface area (Å²) in [5.41, 5.74) is 1.39. The van der Waals surface area contributed by atoms with Gasteiger partial charge in [0.25, 0.3) is 0 Å². The van der Waals surface area contributed by atoms with Crippen LogP contribution in [-0.4, -0.2) is 11.8 Å². The van der Waals surface area contributed by atoms with Crippen LogP contribution in [0.25, 0.3) is 0 Å². The molecular formula is C16H16N2O3. The Bertz CT molecular complexity index is 651. The maximum Gasteiger partial charge on any atom is 0.221 e. The molecule has 5 nitrogen and oxygen atoms in total. The summed E-state index contributed by atoms with van der Waals surface area (Å²) < 4.78 is 5.70. The molecule has 0 spiro atoms. The van der Waals surface area contributed by atoms with Crippen molar-refractivity contribution in [1.29, 1.82) is 0 Å². The van der Waals surface area contributed by atoms with E-state index in [-0.39, 0.29) is 11.8 Å². The third-order valence-electron chi connectivity index (χ3n) is 2.56. The molecule has 0 bridgehead atoms. The Kier molecular flexibility index (Phi) is 4.56. The zero-order valence-corrected chi connectivity index (χ0v) is 11.8. The van der Waals surface area contributed by atoms with Crippen LogP contribution in [0.2, 0.25) is 0 Å². The molecule has 0 heterocycles. The highest BCUT2D eigenvalue weighted by Gasteiger charge is 2.01. The molecule has 0 unspecified atom stereocenters. The van der Waals surface area contributed by atoms with Crippen molar-refractivity contribution >= 4 is 23.2 Å². The van der Waals surface area contributed by atoms with E-state index in [0.29, 0.717) is 22.9 Å². The van der Waals surface area contributed by atoms with Gasteiger partial charge in [-0.05, 0) is 36.4 Å². The van der Waals surface area contributed by atoms with Crippen molar-refractivity contribution in [3.63, 3.8) is 0 Å². The van der Waals surface area contributed by atoms with E-state index in [9.17, 15) is 9.59 Å². The van der Waals surface area contributed by atoms with E-state index in [2.05, 4.69) is 10.6 Å². The number of carbonyl (C=O) groups is 2. The molecule has 2 aromatic carbocycles. The SMILES string of the molecule is CC(=O)Nc1ccc(Oc2cccc(NC(C)=O)c2)cc1. The van der Waals surface area contributed by atoms with Gasteiger partial charge in [0, 0.05) is 31.3 Å². The summed E-state index contributed by atoms with van der Waals surface area (Å²) in [5, 5.41) is 5.38. The molecule has 0 aromatic heterocycles. The van der Waals surface area contributed by atoms with Crippen LogP contribution in [0.5, 0.6) is 11.5 Å². The highest BCUT2D eigenvalue weighted by Crippen LogP contribution is 2.25. The molecule has 0 atom stereocenters. The molecule has 0 aliphatic carbocycles. The number of hydrogen-bond acceptors (Lipinski definition) is 3. The van der Waals surface area contributed by atoms with Gasteiger partial charge in [0.05, 0.1) is 0 Å². The molecule has 0 saturated carbocycles. The van der Waals surface area contributed by atoms with E-state index in [4.69, 9.17) is 4.74 Å². The van der Waals surface area contributed by atoms with Crippen LogP contribution >= 0.6 is 0 Å². The molecule has 0 radical (unpaired) electrons. The van der Waals surface area contributed by atoms with E-state index in [1.54, 1.807) is 48.5 Å². The number of amides is 2. The molecule has 0 aliphatic heterocycles. The largest absolute Gasteiger partial charge is 0.457 e. The quantitative estimate of drug-likeness (QED) is 0.904. The first-order valence-corrected chi connectivity index (χ1v) is 6.46. The summed E-state index contributed by atoms with van der Waals surface area (Å²) >= 11 is 0. The standard InChI is InChI=1S/C16H16N2O3/c1-11(19)17-13-6-8-15(9-7-13)21-16-5-3-4-14(10-16)18-12(2)20/h3-10H,1-2H3,(H,17,19)(H,18,20). The van der Waals surface area contributed by atoms with Crippen molar-refractivity contribution in [1.82, 2.24) is 0 Å². The topological polar surface area (TPSA) is 67.4 Å². The van der Waals surface area contributed by atoms with Gasteiger partial charge in [0.1, 0.15) is 11.5 Å². The Hall–Kier alpha value is -2.82. The van der Waals surface area contributed by atoms with Crippen molar-refractivity contribution in [2.24, 2.45) is 0 Å². The lowest BCUT2D eigenvalue weighted by molar-refractivity contribution is -0.115. The van der Waals surface area contributed by atoms with Crippen molar-refractivity contribution in [2.75, 3.05) is 10.6 Å². The van der Waals surface area contributed by atoms with Gasteiger partial charge in [-0.3, -0.25) is 9.59 Å². The summed E-state index contributed by atoms with van der Waals surface area (Å²) in [6, 6.07) is 14.2. The lowest BCUT2D eigenvalue weighted by Crippen LogP contribution is -2.05. The summed E-state index contributed by atoms with van der Waals surface area (Å²) in [7, 11) is 0. The first-order chi connectivity index (χ1) is 10.0. The Labute approximate surface area is 122 Å². The molecule has 2 amide bonds. The maximum atomic E-state index is 11.0. The van der Waals surface area contributed by atoms with Crippen molar-refractivity contribution in [3.8, 4) is 11.5 Å². The zero-order valence-electron chi connectivity index (χ0n) is 11.8. The number of rotatable bonds is 4. The minimum absolute atomic E-state index is 0.119. The van der Waals surface area contributed by atoms with E-state index < -0.39 is 0 Å². The van der Waals surface area contributed by atoms with Crippen molar-refractivity contribution in [2.45, 2.75) is 13.8 Å². The zero-order chi connectivity index (χ0) is 15.2. The van der Waals surface area contributed by atoms with Gasteiger partial charge < -0.3 is 15.4 Å². The van der Waals surface area contributed by atoms with Gasteiger partial charge in [-0.25, -0.2) is 0 Å². The minimum Gasteiger partial charge on any atom is -0.457 e. The summed E-state index contributed by atoms with van der Waals surface area (Å²) in [6.07, 6.45) is 0. The molecule has 21 heavy (non-hydrogen) atoms. The van der Waals surface area contributed by atoms with Crippen LogP contribution in [0.1, 0.15) is 13.8 Å². The number of anilines is 2. The third kappa shape index (κ3) is 4.65. The van der Waals surface area contributed by atoms with Crippen LogP contribution in [0, 0.1) is 0 Å². The van der Waals surface area contributed by atoms with Gasteiger partial charge in [-0.1, -0.05) is 6.07 Å². The van der Waals surface area contributed by atoms with Crippen LogP contribution in [-0.2, 0) is 9.59 Å². The summed E-state index contributed by atoms with van der Waals surface area (Å²) in [4.78, 5) is 22.0. The first-order valence-electron chi connectivity index (χ1n) is 6.46. The fourth-order valence-corrected chi connectivity index (χ4v) is 1.79. The van der Waals surface area contributed by atoms with E-state index in [1.165, 1.54) is 13.8 Å². The average Bonchev–Trinajstić information content (AvgIpc) is 2.40. The van der Waals surface area contributed by atoms with Gasteiger partial charge in [-0.2, -0.15) is 0 Å². The summed E-state index contributed by atoms with van der Waals surface area (Å²) in [5.74, 6) is 1.01. The van der Waals surface area contributed by atoms with Gasteiger partial charge in [-0.15, -0.1) is 0 Å². The average molecular weight is 284 g/mol. The first kappa shape index (κ1) is 14.6. The molecule has 2 N–H and O–H groups in total. The number of hydrogen-bond donors (Lipinski definition) is 2. The van der Waals surface area contributed by atoms with Gasteiger partial charge >= 0.3 is 0 Å². The summed E-state index contributed by atoms with van der Waals surface area (Å²) in [6.45, 7) is 2.91. The Morgan fingerprint density at radius 3 is 2.05 bits per heavy atom. The second-order valence-corrected chi connectivity index (χ2v) is 4.52. The van der Waals surface area contributed by atoms with Crippen molar-refractivity contribution in [3.05, 3.63) is 48.5 Å². The minimum atomic E-state index is -0.133. The highest BCUT2D eigenvalue weighted by molar-refractivity contribution is 5.89. The molecular weight excluding hydrogens is 268 g/mol. The van der Waals surface area contributed by atoms with E-state index >= 15 is 0 Å². The third-order valence-corrected chi connectivity index (χ3v) is 2.56. The molecule has 108 valence electrons. The smallest absolute Gasteiger partial charge is 0.221 e. The normalized spacial score (nSPS) is 9.81. The Morgan fingerprint density at radius 1 is 0.810 bits per heavy atom.